The van der Waals surface area contributed by atoms with Crippen LogP contribution in [-0.2, 0) is 5.60 Å². The van der Waals surface area contributed by atoms with E-state index in [-0.39, 0.29) is 6.61 Å². The number of fused-ring (bicyclic) bond motifs is 3. The minimum atomic E-state index is -1.24. The van der Waals surface area contributed by atoms with Gasteiger partial charge in [-0.3, -0.25) is 0 Å². The number of ether oxygens (including phenoxy) is 1. The average molecular weight is 233 g/mol. The monoisotopic (exact) mass is 233 g/mol. The summed E-state index contributed by atoms with van der Waals surface area (Å²) in [7, 11) is 0. The van der Waals surface area contributed by atoms with E-state index in [1.165, 1.54) is 4.68 Å². The van der Waals surface area contributed by atoms with Gasteiger partial charge in [-0.15, -0.1) is 5.10 Å². The highest BCUT2D eigenvalue weighted by Crippen LogP contribution is 2.32. The largest absolute Gasteiger partial charge is 0.488 e. The zero-order valence-corrected chi connectivity index (χ0v) is 9.16. The number of nitrogen functional groups attached to an aromatic ring is 1. The first-order valence-electron chi connectivity index (χ1n) is 5.12. The molecule has 0 radical (unpaired) electrons. The maximum Gasteiger partial charge on any atom is 0.191 e. The summed E-state index contributed by atoms with van der Waals surface area (Å²) in [6, 6.07) is 5.16. The number of nitrogens with two attached hydrogens (primary N) is 1. The number of nitrogens with zero attached hydrogens (tertiary/aromatic N) is 4. The fourth-order valence-electron chi connectivity index (χ4n) is 1.79. The summed E-state index contributed by atoms with van der Waals surface area (Å²) in [5, 5.41) is 21.5. The number of aromatic nitrogens is 4. The lowest BCUT2D eigenvalue weighted by atomic mass is 10.1. The van der Waals surface area contributed by atoms with Crippen LogP contribution in [0, 0.1) is 0 Å². The van der Waals surface area contributed by atoms with Gasteiger partial charge in [0.05, 0.1) is 0 Å². The molecule has 0 bridgehead atoms. The molecule has 2 heterocycles. The zero-order valence-electron chi connectivity index (χ0n) is 9.16. The summed E-state index contributed by atoms with van der Waals surface area (Å²) in [6.45, 7) is 1.69. The fraction of sp³-hybridized carbons (Fsp3) is 0.300. The van der Waals surface area contributed by atoms with Crippen molar-refractivity contribution in [2.45, 2.75) is 12.5 Å². The summed E-state index contributed by atoms with van der Waals surface area (Å²) < 4.78 is 6.97. The molecule has 7 heteroatoms. The second kappa shape index (κ2) is 3.17. The number of hydrogen-bond acceptors (Lipinski definition) is 6. The highest BCUT2D eigenvalue weighted by molar-refractivity contribution is 5.56. The smallest absolute Gasteiger partial charge is 0.191 e. The van der Waals surface area contributed by atoms with E-state index in [1.54, 1.807) is 25.1 Å². The number of tetrazole rings is 1. The van der Waals surface area contributed by atoms with Crippen molar-refractivity contribution >= 4 is 5.69 Å². The van der Waals surface area contributed by atoms with Crippen LogP contribution in [0.2, 0.25) is 0 Å². The molecule has 17 heavy (non-hydrogen) atoms. The SMILES string of the molecule is C[C@]1(O)COc2ccc(N)cc2-n2nnnc21. The average Bonchev–Trinajstić information content (AvgIpc) is 2.73. The summed E-state index contributed by atoms with van der Waals surface area (Å²) in [6.07, 6.45) is 0. The second-order valence-corrected chi connectivity index (χ2v) is 4.20. The third kappa shape index (κ3) is 1.43. The van der Waals surface area contributed by atoms with Gasteiger partial charge in [0.1, 0.15) is 18.0 Å². The first-order chi connectivity index (χ1) is 8.08. The quantitative estimate of drug-likeness (QED) is 0.614. The molecule has 1 aromatic carbocycles. The minimum Gasteiger partial charge on any atom is -0.488 e. The first kappa shape index (κ1) is 10.0. The molecule has 0 unspecified atom stereocenters. The molecule has 0 saturated heterocycles. The Morgan fingerprint density at radius 1 is 1.53 bits per heavy atom. The zero-order chi connectivity index (χ0) is 12.0. The van der Waals surface area contributed by atoms with Gasteiger partial charge in [-0.1, -0.05) is 0 Å². The number of benzene rings is 1. The Kier molecular flexibility index (Phi) is 1.87. The predicted molar refractivity (Wildman–Crippen MR) is 58.6 cm³/mol. The van der Waals surface area contributed by atoms with Gasteiger partial charge in [0, 0.05) is 5.69 Å². The number of anilines is 1. The van der Waals surface area contributed by atoms with Crippen LogP contribution in [0.3, 0.4) is 0 Å². The molecule has 2 aromatic rings. The highest BCUT2D eigenvalue weighted by atomic mass is 16.5. The van der Waals surface area contributed by atoms with Gasteiger partial charge in [-0.05, 0) is 35.5 Å². The molecular formula is C10H11N5O2. The van der Waals surface area contributed by atoms with Crippen LogP contribution < -0.4 is 10.5 Å². The maximum absolute atomic E-state index is 10.2. The molecule has 3 N–H and O–H groups in total. The van der Waals surface area contributed by atoms with Crippen LogP contribution in [0.1, 0.15) is 12.7 Å². The van der Waals surface area contributed by atoms with Crippen molar-refractivity contribution in [2.75, 3.05) is 12.3 Å². The van der Waals surface area contributed by atoms with Gasteiger partial charge in [-0.2, -0.15) is 4.68 Å². The Labute approximate surface area is 96.8 Å². The Morgan fingerprint density at radius 3 is 3.18 bits per heavy atom. The number of rotatable bonds is 0. The summed E-state index contributed by atoms with van der Waals surface area (Å²) >= 11 is 0. The van der Waals surface area contributed by atoms with Gasteiger partial charge in [0.25, 0.3) is 0 Å². The topological polar surface area (TPSA) is 99.1 Å². The first-order valence-corrected chi connectivity index (χ1v) is 5.12. The standard InChI is InChI=1S/C10H11N5O2/c1-10(16)5-17-8-3-2-6(11)4-7(8)15-9(10)12-13-14-15/h2-4,16H,5,11H2,1H3/t10-/m0/s1. The van der Waals surface area contributed by atoms with Gasteiger partial charge >= 0.3 is 0 Å². The normalized spacial score (nSPS) is 22.2. The molecule has 88 valence electrons. The molecule has 0 spiro atoms. The van der Waals surface area contributed by atoms with Gasteiger partial charge in [-0.25, -0.2) is 0 Å². The molecule has 0 fully saturated rings. The van der Waals surface area contributed by atoms with Crippen molar-refractivity contribution < 1.29 is 9.84 Å². The van der Waals surface area contributed by atoms with E-state index in [2.05, 4.69) is 15.5 Å². The molecular weight excluding hydrogens is 222 g/mol. The Morgan fingerprint density at radius 2 is 2.35 bits per heavy atom. The third-order valence-electron chi connectivity index (χ3n) is 2.67. The lowest BCUT2D eigenvalue weighted by Crippen LogP contribution is -2.31. The van der Waals surface area contributed by atoms with E-state index in [0.717, 1.165) is 0 Å². The molecule has 1 aromatic heterocycles. The predicted octanol–water partition coefficient (Wildman–Crippen LogP) is -0.156. The van der Waals surface area contributed by atoms with E-state index < -0.39 is 5.60 Å². The molecule has 3 rings (SSSR count). The minimum absolute atomic E-state index is 0.0876. The fourth-order valence-corrected chi connectivity index (χ4v) is 1.79. The summed E-state index contributed by atoms with van der Waals surface area (Å²) in [5.74, 6) is 0.923. The lowest BCUT2D eigenvalue weighted by molar-refractivity contribution is 0.00211. The van der Waals surface area contributed by atoms with Crippen LogP contribution in [0.15, 0.2) is 18.2 Å². The number of aliphatic hydroxyl groups is 1. The van der Waals surface area contributed by atoms with Crippen LogP contribution in [0.5, 0.6) is 5.75 Å². The van der Waals surface area contributed by atoms with E-state index in [1.807, 2.05) is 0 Å². The molecule has 7 nitrogen and oxygen atoms in total. The van der Waals surface area contributed by atoms with Crippen molar-refractivity contribution in [3.8, 4) is 11.4 Å². The molecule has 1 atom stereocenters. The summed E-state index contributed by atoms with van der Waals surface area (Å²) in [5.41, 5.74) is 5.69. The van der Waals surface area contributed by atoms with Crippen molar-refractivity contribution in [2.24, 2.45) is 0 Å². The second-order valence-electron chi connectivity index (χ2n) is 4.20. The van der Waals surface area contributed by atoms with Crippen molar-refractivity contribution in [3.63, 3.8) is 0 Å². The molecule has 1 aliphatic rings. The van der Waals surface area contributed by atoms with Crippen molar-refractivity contribution in [1.82, 2.24) is 20.2 Å². The highest BCUT2D eigenvalue weighted by Gasteiger charge is 2.35. The Balaban J connectivity index is 2.28. The summed E-state index contributed by atoms with van der Waals surface area (Å²) in [4.78, 5) is 0. The van der Waals surface area contributed by atoms with Gasteiger partial charge in [0.2, 0.25) is 0 Å². The van der Waals surface area contributed by atoms with E-state index >= 15 is 0 Å². The van der Waals surface area contributed by atoms with E-state index in [4.69, 9.17) is 10.5 Å². The lowest BCUT2D eigenvalue weighted by Gasteiger charge is -2.17. The Bertz CT molecular complexity index is 578. The van der Waals surface area contributed by atoms with Crippen LogP contribution in [-0.4, -0.2) is 31.9 Å². The maximum atomic E-state index is 10.2. The van der Waals surface area contributed by atoms with Crippen LogP contribution in [0.4, 0.5) is 5.69 Å². The van der Waals surface area contributed by atoms with E-state index in [0.29, 0.717) is 22.9 Å². The number of hydrogen-bond donors (Lipinski definition) is 2. The van der Waals surface area contributed by atoms with Crippen LogP contribution >= 0.6 is 0 Å². The molecule has 0 saturated carbocycles. The Hall–Kier alpha value is -2.15. The van der Waals surface area contributed by atoms with Gasteiger partial charge < -0.3 is 15.6 Å². The molecule has 0 aliphatic carbocycles. The van der Waals surface area contributed by atoms with Crippen molar-refractivity contribution in [3.05, 3.63) is 24.0 Å². The molecule has 1 aliphatic heterocycles. The van der Waals surface area contributed by atoms with Crippen LogP contribution in [0.25, 0.3) is 5.69 Å². The van der Waals surface area contributed by atoms with Crippen molar-refractivity contribution in [1.29, 1.82) is 0 Å². The third-order valence-corrected chi connectivity index (χ3v) is 2.67. The van der Waals surface area contributed by atoms with Gasteiger partial charge in [0.15, 0.2) is 11.4 Å². The van der Waals surface area contributed by atoms with E-state index in [9.17, 15) is 5.11 Å². The molecule has 0 amide bonds.